The smallest absolute Gasteiger partial charge is 0.408 e. The minimum atomic E-state index is -0.489. The fourth-order valence-electron chi connectivity index (χ4n) is 2.93. The van der Waals surface area contributed by atoms with E-state index in [9.17, 15) is 4.79 Å². The van der Waals surface area contributed by atoms with E-state index < -0.39 is 11.7 Å². The molecule has 134 valence electrons. The molecule has 1 aliphatic rings. The highest BCUT2D eigenvalue weighted by atomic mass is 16.6. The maximum atomic E-state index is 11.9. The minimum Gasteiger partial charge on any atom is -0.444 e. The standard InChI is InChI=1S/C19H30N2O3/c1-13-11-21(12-14(2)23-13)17-9-7-16(8-10-17)15(3)20-18(22)24-19(4,5)6/h7-10,13-15H,11-12H2,1-6H3,(H,20,22)/t13-,14+,15-/m1/s1. The van der Waals surface area contributed by atoms with Crippen molar-refractivity contribution in [1.29, 1.82) is 0 Å². The van der Waals surface area contributed by atoms with Gasteiger partial charge < -0.3 is 19.7 Å². The van der Waals surface area contributed by atoms with Gasteiger partial charge in [0.2, 0.25) is 0 Å². The molecule has 1 amide bonds. The summed E-state index contributed by atoms with van der Waals surface area (Å²) >= 11 is 0. The maximum absolute atomic E-state index is 11.9. The first-order valence-electron chi connectivity index (χ1n) is 8.64. The first-order chi connectivity index (χ1) is 11.1. The second kappa shape index (κ2) is 7.43. The quantitative estimate of drug-likeness (QED) is 0.911. The van der Waals surface area contributed by atoms with Crippen LogP contribution in [0.25, 0.3) is 0 Å². The topological polar surface area (TPSA) is 50.8 Å². The summed E-state index contributed by atoms with van der Waals surface area (Å²) in [7, 11) is 0. The molecule has 5 heteroatoms. The Morgan fingerprint density at radius 2 is 1.75 bits per heavy atom. The van der Waals surface area contributed by atoms with Crippen molar-refractivity contribution in [3.8, 4) is 0 Å². The number of benzene rings is 1. The molecule has 2 rings (SSSR count). The van der Waals surface area contributed by atoms with Crippen LogP contribution in [0.5, 0.6) is 0 Å². The summed E-state index contributed by atoms with van der Waals surface area (Å²) in [5.41, 5.74) is 1.75. The van der Waals surface area contributed by atoms with Gasteiger partial charge in [-0.1, -0.05) is 12.1 Å². The second-order valence-electron chi connectivity index (χ2n) is 7.62. The molecule has 0 unspecified atom stereocenters. The molecular weight excluding hydrogens is 304 g/mol. The van der Waals surface area contributed by atoms with Crippen LogP contribution in [-0.4, -0.2) is 37.0 Å². The monoisotopic (exact) mass is 334 g/mol. The van der Waals surface area contributed by atoms with E-state index in [1.54, 1.807) is 0 Å². The lowest BCUT2D eigenvalue weighted by Gasteiger charge is -2.37. The molecule has 1 saturated heterocycles. The molecule has 0 saturated carbocycles. The van der Waals surface area contributed by atoms with Crippen LogP contribution < -0.4 is 10.2 Å². The number of anilines is 1. The van der Waals surface area contributed by atoms with Crippen LogP contribution in [0, 0.1) is 0 Å². The van der Waals surface area contributed by atoms with Crippen molar-refractivity contribution in [2.75, 3.05) is 18.0 Å². The highest BCUT2D eigenvalue weighted by molar-refractivity contribution is 5.68. The zero-order valence-electron chi connectivity index (χ0n) is 15.6. The van der Waals surface area contributed by atoms with Crippen LogP contribution >= 0.6 is 0 Å². The lowest BCUT2D eigenvalue weighted by Crippen LogP contribution is -2.45. The molecule has 24 heavy (non-hydrogen) atoms. The van der Waals surface area contributed by atoms with Crippen LogP contribution in [-0.2, 0) is 9.47 Å². The van der Waals surface area contributed by atoms with E-state index in [0.717, 1.165) is 18.7 Å². The normalized spacial score (nSPS) is 22.8. The largest absolute Gasteiger partial charge is 0.444 e. The molecule has 1 aromatic carbocycles. The summed E-state index contributed by atoms with van der Waals surface area (Å²) in [5.74, 6) is 0. The summed E-state index contributed by atoms with van der Waals surface area (Å²) in [6, 6.07) is 8.22. The predicted octanol–water partition coefficient (Wildman–Crippen LogP) is 3.89. The fourth-order valence-corrected chi connectivity index (χ4v) is 2.93. The Morgan fingerprint density at radius 1 is 1.21 bits per heavy atom. The summed E-state index contributed by atoms with van der Waals surface area (Å²) < 4.78 is 11.1. The number of alkyl carbamates (subject to hydrolysis) is 1. The maximum Gasteiger partial charge on any atom is 0.408 e. The number of nitrogens with zero attached hydrogens (tertiary/aromatic N) is 1. The van der Waals surface area contributed by atoms with Crippen molar-refractivity contribution in [3.63, 3.8) is 0 Å². The molecular formula is C19H30N2O3. The van der Waals surface area contributed by atoms with Crippen molar-refractivity contribution < 1.29 is 14.3 Å². The summed E-state index contributed by atoms with van der Waals surface area (Å²) in [6.07, 6.45) is 0.0808. The third kappa shape index (κ3) is 5.41. The van der Waals surface area contributed by atoms with Crippen molar-refractivity contribution >= 4 is 11.8 Å². The number of nitrogens with one attached hydrogen (secondary N) is 1. The molecule has 1 heterocycles. The van der Waals surface area contributed by atoms with Gasteiger partial charge in [-0.2, -0.15) is 0 Å². The molecule has 3 atom stereocenters. The van der Waals surface area contributed by atoms with E-state index in [4.69, 9.17) is 9.47 Å². The Morgan fingerprint density at radius 3 is 2.25 bits per heavy atom. The Kier molecular flexibility index (Phi) is 5.75. The highest BCUT2D eigenvalue weighted by Gasteiger charge is 2.23. The van der Waals surface area contributed by atoms with Gasteiger partial charge in [-0.05, 0) is 59.2 Å². The van der Waals surface area contributed by atoms with Gasteiger partial charge >= 0.3 is 6.09 Å². The Hall–Kier alpha value is -1.75. The van der Waals surface area contributed by atoms with E-state index in [-0.39, 0.29) is 18.2 Å². The van der Waals surface area contributed by atoms with E-state index in [1.807, 2.05) is 27.7 Å². The lowest BCUT2D eigenvalue weighted by atomic mass is 10.1. The van der Waals surface area contributed by atoms with Crippen LogP contribution in [0.4, 0.5) is 10.5 Å². The number of hydrogen-bond donors (Lipinski definition) is 1. The fraction of sp³-hybridized carbons (Fsp3) is 0.632. The van der Waals surface area contributed by atoms with Crippen molar-refractivity contribution in [3.05, 3.63) is 29.8 Å². The summed E-state index contributed by atoms with van der Waals surface area (Å²) in [5, 5.41) is 2.87. The first-order valence-corrected chi connectivity index (χ1v) is 8.64. The average Bonchev–Trinajstić information content (AvgIpc) is 2.44. The van der Waals surface area contributed by atoms with Gasteiger partial charge in [0.15, 0.2) is 0 Å². The zero-order chi connectivity index (χ0) is 17.9. The van der Waals surface area contributed by atoms with Crippen molar-refractivity contribution in [2.45, 2.75) is 65.4 Å². The number of amides is 1. The van der Waals surface area contributed by atoms with Crippen LogP contribution in [0.15, 0.2) is 24.3 Å². The predicted molar refractivity (Wildman–Crippen MR) is 96.4 cm³/mol. The summed E-state index contributed by atoms with van der Waals surface area (Å²) in [6.45, 7) is 13.5. The Labute approximate surface area is 145 Å². The van der Waals surface area contributed by atoms with E-state index in [1.165, 1.54) is 5.69 Å². The minimum absolute atomic E-state index is 0.101. The van der Waals surface area contributed by atoms with E-state index in [2.05, 4.69) is 48.3 Å². The summed E-state index contributed by atoms with van der Waals surface area (Å²) in [4.78, 5) is 14.2. The molecule has 5 nitrogen and oxygen atoms in total. The van der Waals surface area contributed by atoms with Crippen LogP contribution in [0.2, 0.25) is 0 Å². The van der Waals surface area contributed by atoms with Crippen molar-refractivity contribution in [2.24, 2.45) is 0 Å². The average molecular weight is 334 g/mol. The number of rotatable bonds is 3. The molecule has 1 aromatic rings. The van der Waals surface area contributed by atoms with Gasteiger partial charge in [0, 0.05) is 18.8 Å². The zero-order valence-corrected chi connectivity index (χ0v) is 15.6. The molecule has 0 aliphatic carbocycles. The van der Waals surface area contributed by atoms with E-state index in [0.29, 0.717) is 0 Å². The van der Waals surface area contributed by atoms with Gasteiger partial charge in [0.05, 0.1) is 18.2 Å². The number of morpholine rings is 1. The van der Waals surface area contributed by atoms with Gasteiger partial charge in [-0.3, -0.25) is 0 Å². The second-order valence-corrected chi connectivity index (χ2v) is 7.62. The van der Waals surface area contributed by atoms with Crippen LogP contribution in [0.3, 0.4) is 0 Å². The number of hydrogen-bond acceptors (Lipinski definition) is 4. The lowest BCUT2D eigenvalue weighted by molar-refractivity contribution is -0.00522. The highest BCUT2D eigenvalue weighted by Crippen LogP contribution is 2.23. The third-order valence-electron chi connectivity index (χ3n) is 3.91. The molecule has 1 N–H and O–H groups in total. The third-order valence-corrected chi connectivity index (χ3v) is 3.91. The van der Waals surface area contributed by atoms with Crippen LogP contribution in [0.1, 0.15) is 53.1 Å². The molecule has 1 aliphatic heterocycles. The molecule has 0 spiro atoms. The van der Waals surface area contributed by atoms with Crippen molar-refractivity contribution in [1.82, 2.24) is 5.32 Å². The van der Waals surface area contributed by atoms with Gasteiger partial charge in [-0.25, -0.2) is 4.79 Å². The Bertz CT molecular complexity index is 541. The Balaban J connectivity index is 1.97. The molecule has 0 aromatic heterocycles. The van der Waals surface area contributed by atoms with Gasteiger partial charge in [0.25, 0.3) is 0 Å². The van der Waals surface area contributed by atoms with Gasteiger partial charge in [0.1, 0.15) is 5.60 Å². The number of carbonyl (C=O) groups is 1. The SMILES string of the molecule is C[C@@H]1CN(c2ccc([C@@H](C)NC(=O)OC(C)(C)C)cc2)C[C@H](C)O1. The van der Waals surface area contributed by atoms with Gasteiger partial charge in [-0.15, -0.1) is 0 Å². The number of carbonyl (C=O) groups excluding carboxylic acids is 1. The number of ether oxygens (including phenoxy) is 2. The van der Waals surface area contributed by atoms with E-state index >= 15 is 0 Å². The molecule has 1 fully saturated rings. The molecule has 0 radical (unpaired) electrons. The first kappa shape index (κ1) is 18.6. The molecule has 0 bridgehead atoms.